The zero-order chi connectivity index (χ0) is 14.6. The molecule has 0 spiro atoms. The second kappa shape index (κ2) is 6.41. The number of allylic oxidation sites excluding steroid dienone is 1. The van der Waals surface area contributed by atoms with Crippen LogP contribution in [0, 0.1) is 5.92 Å². The monoisotopic (exact) mass is 313 g/mol. The Hall–Kier alpha value is -1.33. The zero-order valence-electron chi connectivity index (χ0n) is 10.9. The number of sulfone groups is 1. The SMILES string of the molecule is O=C(C[C@H]1C=CS(=O)(=O)C1)NCCc1ccc(Cl)cc1. The van der Waals surface area contributed by atoms with Gasteiger partial charge < -0.3 is 5.32 Å². The van der Waals surface area contributed by atoms with Gasteiger partial charge in [0, 0.05) is 29.3 Å². The fourth-order valence-corrected chi connectivity index (χ4v) is 3.60. The predicted molar refractivity (Wildman–Crippen MR) is 79.2 cm³/mol. The Morgan fingerprint density at radius 1 is 1.30 bits per heavy atom. The number of rotatable bonds is 5. The number of carbonyl (C=O) groups is 1. The van der Waals surface area contributed by atoms with Gasteiger partial charge in [-0.25, -0.2) is 8.42 Å². The van der Waals surface area contributed by atoms with E-state index in [9.17, 15) is 13.2 Å². The lowest BCUT2D eigenvalue weighted by molar-refractivity contribution is -0.121. The third-order valence-corrected chi connectivity index (χ3v) is 4.82. The maximum atomic E-state index is 11.7. The maximum Gasteiger partial charge on any atom is 0.220 e. The number of carbonyl (C=O) groups excluding carboxylic acids is 1. The van der Waals surface area contributed by atoms with Crippen molar-refractivity contribution in [1.29, 1.82) is 0 Å². The highest BCUT2D eigenvalue weighted by atomic mass is 35.5. The van der Waals surface area contributed by atoms with Gasteiger partial charge in [0.1, 0.15) is 0 Å². The van der Waals surface area contributed by atoms with Crippen molar-refractivity contribution in [1.82, 2.24) is 5.32 Å². The van der Waals surface area contributed by atoms with Crippen molar-refractivity contribution < 1.29 is 13.2 Å². The van der Waals surface area contributed by atoms with Gasteiger partial charge in [0.05, 0.1) is 5.75 Å². The number of nitrogens with one attached hydrogen (secondary N) is 1. The largest absolute Gasteiger partial charge is 0.356 e. The predicted octanol–water partition coefficient (Wildman–Crippen LogP) is 1.95. The smallest absolute Gasteiger partial charge is 0.220 e. The summed E-state index contributed by atoms with van der Waals surface area (Å²) in [6, 6.07) is 7.46. The molecule has 0 bridgehead atoms. The molecule has 20 heavy (non-hydrogen) atoms. The summed E-state index contributed by atoms with van der Waals surface area (Å²) in [5.74, 6) is -0.279. The molecular formula is C14H16ClNO3S. The van der Waals surface area contributed by atoms with E-state index in [2.05, 4.69) is 5.32 Å². The van der Waals surface area contributed by atoms with E-state index in [4.69, 9.17) is 11.6 Å². The minimum Gasteiger partial charge on any atom is -0.356 e. The van der Waals surface area contributed by atoms with Gasteiger partial charge in [-0.05, 0) is 24.1 Å². The van der Waals surface area contributed by atoms with Crippen LogP contribution in [0.1, 0.15) is 12.0 Å². The van der Waals surface area contributed by atoms with Crippen LogP contribution in [0.2, 0.25) is 5.02 Å². The molecule has 0 aliphatic carbocycles. The molecule has 1 aliphatic rings. The summed E-state index contributed by atoms with van der Waals surface area (Å²) in [4.78, 5) is 11.7. The van der Waals surface area contributed by atoms with Crippen LogP contribution < -0.4 is 5.32 Å². The molecule has 1 N–H and O–H groups in total. The normalized spacial score (nSPS) is 19.9. The molecular weight excluding hydrogens is 298 g/mol. The molecule has 1 heterocycles. The third kappa shape index (κ3) is 4.65. The molecule has 1 aromatic carbocycles. The Kier molecular flexibility index (Phi) is 4.83. The van der Waals surface area contributed by atoms with Crippen LogP contribution in [0.5, 0.6) is 0 Å². The molecule has 1 aliphatic heterocycles. The first-order valence-electron chi connectivity index (χ1n) is 6.37. The van der Waals surface area contributed by atoms with Crippen molar-refractivity contribution in [2.24, 2.45) is 5.92 Å². The van der Waals surface area contributed by atoms with Gasteiger partial charge in [-0.1, -0.05) is 29.8 Å². The Morgan fingerprint density at radius 3 is 2.60 bits per heavy atom. The van der Waals surface area contributed by atoms with Crippen molar-refractivity contribution in [3.8, 4) is 0 Å². The number of hydrogen-bond donors (Lipinski definition) is 1. The Labute approximate surface area is 123 Å². The van der Waals surface area contributed by atoms with Crippen molar-refractivity contribution >= 4 is 27.3 Å². The number of halogens is 1. The molecule has 2 rings (SSSR count). The second-order valence-electron chi connectivity index (χ2n) is 4.85. The molecule has 0 aromatic heterocycles. The molecule has 0 saturated heterocycles. The van der Waals surface area contributed by atoms with Gasteiger partial charge in [-0.3, -0.25) is 4.79 Å². The highest BCUT2D eigenvalue weighted by molar-refractivity contribution is 7.94. The van der Waals surface area contributed by atoms with Crippen LogP contribution in [0.15, 0.2) is 35.7 Å². The van der Waals surface area contributed by atoms with E-state index in [0.717, 1.165) is 12.0 Å². The van der Waals surface area contributed by atoms with E-state index < -0.39 is 9.84 Å². The van der Waals surface area contributed by atoms with E-state index >= 15 is 0 Å². The van der Waals surface area contributed by atoms with E-state index in [1.54, 1.807) is 6.08 Å². The summed E-state index contributed by atoms with van der Waals surface area (Å²) in [5, 5.41) is 4.68. The molecule has 6 heteroatoms. The minimum absolute atomic E-state index is 0.0393. The van der Waals surface area contributed by atoms with Crippen LogP contribution in [-0.4, -0.2) is 26.6 Å². The minimum atomic E-state index is -3.08. The highest BCUT2D eigenvalue weighted by Gasteiger charge is 2.23. The van der Waals surface area contributed by atoms with E-state index in [-0.39, 0.29) is 24.0 Å². The van der Waals surface area contributed by atoms with Gasteiger partial charge in [-0.2, -0.15) is 0 Å². The van der Waals surface area contributed by atoms with Gasteiger partial charge in [0.15, 0.2) is 9.84 Å². The Morgan fingerprint density at radius 2 is 2.00 bits per heavy atom. The van der Waals surface area contributed by atoms with E-state index in [0.29, 0.717) is 11.6 Å². The van der Waals surface area contributed by atoms with Crippen molar-refractivity contribution in [2.75, 3.05) is 12.3 Å². The first kappa shape index (κ1) is 15.1. The van der Waals surface area contributed by atoms with Crippen LogP contribution >= 0.6 is 11.6 Å². The molecule has 108 valence electrons. The Balaban J connectivity index is 1.71. The summed E-state index contributed by atoms with van der Waals surface area (Å²) >= 11 is 5.79. The molecule has 1 atom stereocenters. The first-order valence-corrected chi connectivity index (χ1v) is 8.46. The zero-order valence-corrected chi connectivity index (χ0v) is 12.5. The maximum absolute atomic E-state index is 11.7. The average Bonchev–Trinajstić information content (AvgIpc) is 2.71. The highest BCUT2D eigenvalue weighted by Crippen LogP contribution is 2.17. The standard InChI is InChI=1S/C14H16ClNO3S/c15-13-3-1-11(2-4-13)5-7-16-14(17)9-12-6-8-20(18,19)10-12/h1-4,6,8,12H,5,7,9-10H2,(H,16,17)/t12-/m1/s1. The van der Waals surface area contributed by atoms with Crippen molar-refractivity contribution in [3.63, 3.8) is 0 Å². The molecule has 0 saturated carbocycles. The van der Waals surface area contributed by atoms with E-state index in [1.165, 1.54) is 5.41 Å². The summed E-state index contributed by atoms with van der Waals surface area (Å²) in [6.45, 7) is 0.531. The number of amides is 1. The van der Waals surface area contributed by atoms with Crippen LogP contribution in [0.25, 0.3) is 0 Å². The fraction of sp³-hybridized carbons (Fsp3) is 0.357. The lowest BCUT2D eigenvalue weighted by atomic mass is 10.1. The lowest BCUT2D eigenvalue weighted by Gasteiger charge is -2.08. The summed E-state index contributed by atoms with van der Waals surface area (Å²) in [7, 11) is -3.08. The number of benzene rings is 1. The molecule has 4 nitrogen and oxygen atoms in total. The van der Waals surface area contributed by atoms with Crippen LogP contribution in [0.3, 0.4) is 0 Å². The summed E-state index contributed by atoms with van der Waals surface area (Å²) in [5.41, 5.74) is 1.10. The summed E-state index contributed by atoms with van der Waals surface area (Å²) < 4.78 is 22.4. The second-order valence-corrected chi connectivity index (χ2v) is 7.22. The van der Waals surface area contributed by atoms with Crippen molar-refractivity contribution in [2.45, 2.75) is 12.8 Å². The van der Waals surface area contributed by atoms with E-state index in [1.807, 2.05) is 24.3 Å². The average molecular weight is 314 g/mol. The molecule has 0 radical (unpaired) electrons. The van der Waals surface area contributed by atoms with Gasteiger partial charge in [0.25, 0.3) is 0 Å². The van der Waals surface area contributed by atoms with Crippen molar-refractivity contribution in [3.05, 3.63) is 46.3 Å². The van der Waals surface area contributed by atoms with Gasteiger partial charge in [0.2, 0.25) is 5.91 Å². The topological polar surface area (TPSA) is 63.2 Å². The lowest BCUT2D eigenvalue weighted by Crippen LogP contribution is -2.27. The quantitative estimate of drug-likeness (QED) is 0.903. The number of hydrogen-bond acceptors (Lipinski definition) is 3. The Bertz CT molecular complexity index is 608. The molecule has 1 aromatic rings. The third-order valence-electron chi connectivity index (χ3n) is 3.10. The van der Waals surface area contributed by atoms with Gasteiger partial charge >= 0.3 is 0 Å². The van der Waals surface area contributed by atoms with Crippen LogP contribution in [-0.2, 0) is 21.1 Å². The summed E-state index contributed by atoms with van der Waals surface area (Å²) in [6.07, 6.45) is 2.53. The molecule has 0 fully saturated rings. The fourth-order valence-electron chi connectivity index (χ4n) is 2.07. The molecule has 1 amide bonds. The van der Waals surface area contributed by atoms with Gasteiger partial charge in [-0.15, -0.1) is 0 Å². The molecule has 0 unspecified atom stereocenters. The first-order chi connectivity index (χ1) is 9.44. The van der Waals surface area contributed by atoms with Crippen LogP contribution in [0.4, 0.5) is 0 Å².